The molecule has 0 bridgehead atoms. The van der Waals surface area contributed by atoms with E-state index in [9.17, 15) is 13.2 Å². The number of benzene rings is 2. The molecule has 4 nitrogen and oxygen atoms in total. The highest BCUT2D eigenvalue weighted by Crippen LogP contribution is 2.18. The van der Waals surface area contributed by atoms with Crippen LogP contribution in [-0.4, -0.2) is 20.6 Å². The molecule has 0 fully saturated rings. The van der Waals surface area contributed by atoms with Crippen molar-refractivity contribution < 1.29 is 17.4 Å². The van der Waals surface area contributed by atoms with Crippen molar-refractivity contribution in [3.05, 3.63) is 77.9 Å². The van der Waals surface area contributed by atoms with Gasteiger partial charge in [-0.25, -0.2) is 4.79 Å². The molecule has 2 aromatic carbocycles. The smallest absolute Gasteiger partial charge is 0.341 e. The second-order valence-corrected chi connectivity index (χ2v) is 6.32. The quantitative estimate of drug-likeness (QED) is 0.628. The van der Waals surface area contributed by atoms with Gasteiger partial charge in [-0.2, -0.15) is 8.42 Å². The van der Waals surface area contributed by atoms with Gasteiger partial charge in [-0.1, -0.05) is 66.7 Å². The fourth-order valence-electron chi connectivity index (χ4n) is 1.95. The van der Waals surface area contributed by atoms with Crippen LogP contribution in [0.2, 0.25) is 0 Å². The highest BCUT2D eigenvalue weighted by atomic mass is 32.2. The Morgan fingerprint density at radius 2 is 1.55 bits per heavy atom. The molecule has 5 heteroatoms. The summed E-state index contributed by atoms with van der Waals surface area (Å²) < 4.78 is 26.9. The third-order valence-electron chi connectivity index (χ3n) is 2.92. The van der Waals surface area contributed by atoms with Crippen LogP contribution >= 0.6 is 0 Å². The molecule has 22 heavy (non-hydrogen) atoms. The van der Waals surface area contributed by atoms with Crippen LogP contribution in [0.1, 0.15) is 11.1 Å². The molecule has 0 saturated carbocycles. The zero-order chi connectivity index (χ0) is 16.0. The van der Waals surface area contributed by atoms with Gasteiger partial charge in [-0.15, -0.1) is 0 Å². The first-order chi connectivity index (χ1) is 10.5. The van der Waals surface area contributed by atoms with Gasteiger partial charge in [-0.3, -0.25) is 0 Å². The van der Waals surface area contributed by atoms with Crippen LogP contribution in [0.5, 0.6) is 0 Å². The zero-order valence-electron chi connectivity index (χ0n) is 12.1. The molecule has 2 rings (SSSR count). The van der Waals surface area contributed by atoms with Gasteiger partial charge < -0.3 is 4.18 Å². The van der Waals surface area contributed by atoms with E-state index < -0.39 is 16.1 Å². The van der Waals surface area contributed by atoms with Crippen molar-refractivity contribution in [1.29, 1.82) is 0 Å². The topological polar surface area (TPSA) is 60.4 Å². The first-order valence-corrected chi connectivity index (χ1v) is 8.50. The van der Waals surface area contributed by atoms with E-state index in [1.54, 1.807) is 30.3 Å². The zero-order valence-corrected chi connectivity index (χ0v) is 12.9. The van der Waals surface area contributed by atoms with Gasteiger partial charge in [0.1, 0.15) is 0 Å². The molecular weight excluding hydrogens is 300 g/mol. The van der Waals surface area contributed by atoms with Crippen LogP contribution in [-0.2, 0) is 25.5 Å². The van der Waals surface area contributed by atoms with E-state index in [0.717, 1.165) is 11.8 Å². The van der Waals surface area contributed by atoms with Crippen LogP contribution in [0.25, 0.3) is 5.57 Å². The van der Waals surface area contributed by atoms with Gasteiger partial charge in [-0.05, 0) is 17.5 Å². The Bertz CT molecular complexity index is 763. The van der Waals surface area contributed by atoms with Gasteiger partial charge in [0.2, 0.25) is 0 Å². The number of carbonyl (C=O) groups is 1. The average Bonchev–Trinajstić information content (AvgIpc) is 2.48. The van der Waals surface area contributed by atoms with Crippen LogP contribution in [0.3, 0.4) is 0 Å². The minimum absolute atomic E-state index is 0.231. The highest BCUT2D eigenvalue weighted by molar-refractivity contribution is 7.86. The lowest BCUT2D eigenvalue weighted by molar-refractivity contribution is -0.127. The molecular formula is C17H16O4S. The van der Waals surface area contributed by atoms with Crippen LogP contribution in [0.15, 0.2) is 66.7 Å². The Hall–Kier alpha value is -2.40. The van der Waals surface area contributed by atoms with E-state index in [1.807, 2.05) is 36.4 Å². The second-order valence-electron chi connectivity index (χ2n) is 4.75. The number of hydrogen-bond acceptors (Lipinski definition) is 4. The molecule has 114 valence electrons. The fraction of sp³-hybridized carbons (Fsp3) is 0.118. The monoisotopic (exact) mass is 316 g/mol. The maximum absolute atomic E-state index is 12.1. The Labute approximate surface area is 130 Å². The number of hydrogen-bond donors (Lipinski definition) is 0. The molecule has 0 aliphatic carbocycles. The second kappa shape index (κ2) is 7.04. The van der Waals surface area contributed by atoms with Crippen molar-refractivity contribution >= 4 is 21.7 Å². The molecule has 0 heterocycles. The predicted molar refractivity (Wildman–Crippen MR) is 85.5 cm³/mol. The molecule has 2 aromatic rings. The predicted octanol–water partition coefficient (Wildman–Crippen LogP) is 2.82. The van der Waals surface area contributed by atoms with Crippen LogP contribution in [0.4, 0.5) is 0 Å². The molecule has 0 spiro atoms. The summed E-state index contributed by atoms with van der Waals surface area (Å²) in [6, 6.07) is 18.4. The van der Waals surface area contributed by atoms with E-state index in [1.165, 1.54) is 0 Å². The molecule has 0 unspecified atom stereocenters. The van der Waals surface area contributed by atoms with Crippen LogP contribution in [0, 0.1) is 0 Å². The van der Waals surface area contributed by atoms with E-state index in [-0.39, 0.29) is 5.57 Å². The van der Waals surface area contributed by atoms with E-state index in [2.05, 4.69) is 4.18 Å². The third-order valence-corrected chi connectivity index (χ3v) is 3.37. The minimum Gasteiger partial charge on any atom is -0.341 e. The third kappa shape index (κ3) is 4.86. The average molecular weight is 316 g/mol. The molecule has 0 atom stereocenters. The number of carbonyl (C=O) groups excluding carboxylic acids is 1. The first kappa shape index (κ1) is 16.0. The molecule has 0 aliphatic heterocycles. The van der Waals surface area contributed by atoms with E-state index in [4.69, 9.17) is 0 Å². The van der Waals surface area contributed by atoms with Crippen molar-refractivity contribution in [2.75, 3.05) is 6.26 Å². The summed E-state index contributed by atoms with van der Waals surface area (Å²) >= 11 is 0. The Morgan fingerprint density at radius 1 is 1.00 bits per heavy atom. The lowest BCUT2D eigenvalue weighted by atomic mass is 10.0. The van der Waals surface area contributed by atoms with Crippen molar-refractivity contribution in [1.82, 2.24) is 0 Å². The molecule has 0 saturated heterocycles. The Kier molecular flexibility index (Phi) is 5.12. The summed E-state index contributed by atoms with van der Waals surface area (Å²) in [5, 5.41) is 0. The van der Waals surface area contributed by atoms with Crippen molar-refractivity contribution in [2.45, 2.75) is 6.42 Å². The normalized spacial score (nSPS) is 12.0. The maximum atomic E-state index is 12.1. The first-order valence-electron chi connectivity index (χ1n) is 6.69. The van der Waals surface area contributed by atoms with Gasteiger partial charge in [0.05, 0.1) is 11.8 Å². The Balaban J connectivity index is 2.31. The lowest BCUT2D eigenvalue weighted by Crippen LogP contribution is -2.13. The van der Waals surface area contributed by atoms with Crippen molar-refractivity contribution in [3.63, 3.8) is 0 Å². The molecule has 0 radical (unpaired) electrons. The number of allylic oxidation sites excluding steroid dienone is 1. The summed E-state index contributed by atoms with van der Waals surface area (Å²) in [4.78, 5) is 12.1. The van der Waals surface area contributed by atoms with Gasteiger partial charge in [0, 0.05) is 0 Å². The molecule has 0 aromatic heterocycles. The van der Waals surface area contributed by atoms with Crippen LogP contribution < -0.4 is 0 Å². The highest BCUT2D eigenvalue weighted by Gasteiger charge is 2.18. The largest absolute Gasteiger partial charge is 0.354 e. The standard InChI is InChI=1S/C17H16O4S/c1-22(19,20)21-17(18)16(15-10-6-3-7-11-15)13-12-14-8-4-2-5-9-14/h2-11,13H,12H2,1H3. The van der Waals surface area contributed by atoms with E-state index in [0.29, 0.717) is 12.0 Å². The SMILES string of the molecule is CS(=O)(=O)OC(=O)C(=CCc1ccccc1)c1ccccc1. The maximum Gasteiger partial charge on any atom is 0.354 e. The van der Waals surface area contributed by atoms with Gasteiger partial charge >= 0.3 is 16.1 Å². The summed E-state index contributed by atoms with van der Waals surface area (Å²) in [5.41, 5.74) is 1.87. The summed E-state index contributed by atoms with van der Waals surface area (Å²) in [5.74, 6) is -0.871. The molecule has 0 N–H and O–H groups in total. The Morgan fingerprint density at radius 3 is 2.09 bits per heavy atom. The summed E-state index contributed by atoms with van der Waals surface area (Å²) in [6.45, 7) is 0. The van der Waals surface area contributed by atoms with Gasteiger partial charge in [0.25, 0.3) is 0 Å². The molecule has 0 amide bonds. The van der Waals surface area contributed by atoms with E-state index >= 15 is 0 Å². The minimum atomic E-state index is -3.85. The lowest BCUT2D eigenvalue weighted by Gasteiger charge is -2.07. The van der Waals surface area contributed by atoms with Crippen molar-refractivity contribution in [3.8, 4) is 0 Å². The van der Waals surface area contributed by atoms with Crippen molar-refractivity contribution in [2.24, 2.45) is 0 Å². The molecule has 0 aliphatic rings. The number of rotatable bonds is 5. The summed E-state index contributed by atoms with van der Waals surface area (Å²) in [6.07, 6.45) is 3.03. The van der Waals surface area contributed by atoms with Gasteiger partial charge in [0.15, 0.2) is 0 Å². The summed E-state index contributed by atoms with van der Waals surface area (Å²) in [7, 11) is -3.85. The fourth-order valence-corrected chi connectivity index (χ4v) is 2.32.